The lowest BCUT2D eigenvalue weighted by Gasteiger charge is -2.08. The molecule has 0 aliphatic rings. The smallest absolute Gasteiger partial charge is 0.00257 e. The lowest BCUT2D eigenvalue weighted by Crippen LogP contribution is -2.23. The Labute approximate surface area is 75.4 Å². The molecule has 0 heterocycles. The molecule has 0 aliphatic heterocycles. The quantitative estimate of drug-likeness (QED) is 0.751. The van der Waals surface area contributed by atoms with Crippen molar-refractivity contribution >= 4 is 17.0 Å². The maximum atomic E-state index is 3.38. The van der Waals surface area contributed by atoms with E-state index in [4.69, 9.17) is 0 Å². The van der Waals surface area contributed by atoms with Gasteiger partial charge in [-0.15, -0.1) is 17.0 Å². The minimum absolute atomic E-state index is 0. The molecule has 0 bridgehead atoms. The second-order valence-corrected chi connectivity index (χ2v) is 3.45. The average Bonchev–Trinajstić information content (AvgIpc) is 1.63. The van der Waals surface area contributed by atoms with Crippen LogP contribution in [0.15, 0.2) is 0 Å². The molecule has 0 atom stereocenters. The van der Waals surface area contributed by atoms with Crippen molar-refractivity contribution in [2.45, 2.75) is 27.7 Å². The first-order chi connectivity index (χ1) is 4.13. The molecule has 0 aromatic rings. The SMILES string of the molecule is Br.CC(C)CNCC(C)C. The minimum atomic E-state index is 0. The van der Waals surface area contributed by atoms with Crippen LogP contribution in [0.4, 0.5) is 0 Å². The molecule has 0 spiro atoms. The van der Waals surface area contributed by atoms with E-state index in [-0.39, 0.29) is 17.0 Å². The molecule has 1 N–H and O–H groups in total. The molecule has 10 heavy (non-hydrogen) atoms. The average molecular weight is 210 g/mol. The Bertz CT molecular complexity index is 54.3. The van der Waals surface area contributed by atoms with E-state index < -0.39 is 0 Å². The Morgan fingerprint density at radius 1 is 0.900 bits per heavy atom. The van der Waals surface area contributed by atoms with Gasteiger partial charge >= 0.3 is 0 Å². The van der Waals surface area contributed by atoms with E-state index in [0.29, 0.717) is 0 Å². The fraction of sp³-hybridized carbons (Fsp3) is 1.00. The predicted octanol–water partition coefficient (Wildman–Crippen LogP) is 2.47. The largest absolute Gasteiger partial charge is 0.316 e. The van der Waals surface area contributed by atoms with Gasteiger partial charge in [0.25, 0.3) is 0 Å². The molecule has 2 heteroatoms. The summed E-state index contributed by atoms with van der Waals surface area (Å²) in [6, 6.07) is 0. The van der Waals surface area contributed by atoms with E-state index in [9.17, 15) is 0 Å². The van der Waals surface area contributed by atoms with Gasteiger partial charge in [0, 0.05) is 0 Å². The zero-order valence-corrected chi connectivity index (χ0v) is 9.19. The Hall–Kier alpha value is 0.440. The Kier molecular flexibility index (Phi) is 9.86. The zero-order valence-electron chi connectivity index (χ0n) is 7.48. The minimum Gasteiger partial charge on any atom is -0.316 e. The molecule has 1 nitrogen and oxygen atoms in total. The van der Waals surface area contributed by atoms with Gasteiger partial charge in [0.2, 0.25) is 0 Å². The van der Waals surface area contributed by atoms with E-state index in [1.165, 1.54) is 0 Å². The van der Waals surface area contributed by atoms with Gasteiger partial charge in [-0.25, -0.2) is 0 Å². The van der Waals surface area contributed by atoms with Crippen LogP contribution in [0.25, 0.3) is 0 Å². The van der Waals surface area contributed by atoms with Crippen LogP contribution >= 0.6 is 17.0 Å². The molecular weight excluding hydrogens is 190 g/mol. The third-order valence-corrected chi connectivity index (χ3v) is 1.11. The first-order valence-corrected chi connectivity index (χ1v) is 3.83. The molecule has 0 aromatic heterocycles. The number of hydrogen-bond acceptors (Lipinski definition) is 1. The summed E-state index contributed by atoms with van der Waals surface area (Å²) < 4.78 is 0. The third kappa shape index (κ3) is 11.3. The summed E-state index contributed by atoms with van der Waals surface area (Å²) in [5.41, 5.74) is 0. The van der Waals surface area contributed by atoms with Gasteiger partial charge in [0.15, 0.2) is 0 Å². The van der Waals surface area contributed by atoms with Crippen molar-refractivity contribution in [3.63, 3.8) is 0 Å². The summed E-state index contributed by atoms with van der Waals surface area (Å²) >= 11 is 0. The fourth-order valence-corrected chi connectivity index (χ4v) is 0.661. The molecule has 0 amide bonds. The Morgan fingerprint density at radius 3 is 1.40 bits per heavy atom. The van der Waals surface area contributed by atoms with E-state index in [1.54, 1.807) is 0 Å². The first-order valence-electron chi connectivity index (χ1n) is 3.83. The zero-order chi connectivity index (χ0) is 7.28. The number of hydrogen-bond donors (Lipinski definition) is 1. The fourth-order valence-electron chi connectivity index (χ4n) is 0.661. The highest BCUT2D eigenvalue weighted by Gasteiger charge is 1.93. The van der Waals surface area contributed by atoms with Crippen molar-refractivity contribution in [2.75, 3.05) is 13.1 Å². The van der Waals surface area contributed by atoms with Gasteiger partial charge in [-0.1, -0.05) is 27.7 Å². The third-order valence-electron chi connectivity index (χ3n) is 1.11. The second-order valence-electron chi connectivity index (χ2n) is 3.45. The highest BCUT2D eigenvalue weighted by Crippen LogP contribution is 1.90. The summed E-state index contributed by atoms with van der Waals surface area (Å²) in [4.78, 5) is 0. The molecule has 0 aromatic carbocycles. The number of nitrogens with one attached hydrogen (secondary N) is 1. The van der Waals surface area contributed by atoms with Crippen molar-refractivity contribution in [2.24, 2.45) is 11.8 Å². The van der Waals surface area contributed by atoms with E-state index >= 15 is 0 Å². The van der Waals surface area contributed by atoms with Crippen molar-refractivity contribution in [3.8, 4) is 0 Å². The van der Waals surface area contributed by atoms with Crippen LogP contribution < -0.4 is 5.32 Å². The van der Waals surface area contributed by atoms with Gasteiger partial charge in [-0.3, -0.25) is 0 Å². The molecule has 0 saturated heterocycles. The number of halogens is 1. The Morgan fingerprint density at radius 2 is 1.20 bits per heavy atom. The first kappa shape index (κ1) is 13.1. The monoisotopic (exact) mass is 209 g/mol. The van der Waals surface area contributed by atoms with E-state index in [0.717, 1.165) is 24.9 Å². The van der Waals surface area contributed by atoms with Crippen LogP contribution in [-0.2, 0) is 0 Å². The van der Waals surface area contributed by atoms with Crippen LogP contribution in [0.1, 0.15) is 27.7 Å². The van der Waals surface area contributed by atoms with E-state index in [1.807, 2.05) is 0 Å². The second kappa shape index (κ2) is 7.55. The molecule has 0 unspecified atom stereocenters. The molecule has 0 saturated carbocycles. The standard InChI is InChI=1S/C8H19N.BrH/c1-7(2)5-9-6-8(3)4;/h7-9H,5-6H2,1-4H3;1H. The molecule has 64 valence electrons. The lowest BCUT2D eigenvalue weighted by atomic mass is 10.2. The molecule has 0 radical (unpaired) electrons. The van der Waals surface area contributed by atoms with Crippen molar-refractivity contribution < 1.29 is 0 Å². The van der Waals surface area contributed by atoms with Crippen LogP contribution in [0.3, 0.4) is 0 Å². The summed E-state index contributed by atoms with van der Waals surface area (Å²) in [6.45, 7) is 11.2. The predicted molar refractivity (Wildman–Crippen MR) is 52.9 cm³/mol. The maximum Gasteiger partial charge on any atom is -0.00257 e. The summed E-state index contributed by atoms with van der Waals surface area (Å²) in [7, 11) is 0. The molecular formula is C8H20BrN. The van der Waals surface area contributed by atoms with E-state index in [2.05, 4.69) is 33.0 Å². The number of rotatable bonds is 4. The molecule has 0 rings (SSSR count). The van der Waals surface area contributed by atoms with Gasteiger partial charge < -0.3 is 5.32 Å². The molecule has 0 aliphatic carbocycles. The van der Waals surface area contributed by atoms with Gasteiger partial charge in [-0.2, -0.15) is 0 Å². The van der Waals surface area contributed by atoms with Crippen LogP contribution in [-0.4, -0.2) is 13.1 Å². The van der Waals surface area contributed by atoms with Gasteiger partial charge in [-0.05, 0) is 24.9 Å². The molecule has 0 fully saturated rings. The maximum absolute atomic E-state index is 3.38. The van der Waals surface area contributed by atoms with Gasteiger partial charge in [0.1, 0.15) is 0 Å². The highest BCUT2D eigenvalue weighted by atomic mass is 79.9. The normalized spacial score (nSPS) is 10.2. The van der Waals surface area contributed by atoms with Crippen molar-refractivity contribution in [1.82, 2.24) is 5.32 Å². The topological polar surface area (TPSA) is 12.0 Å². The summed E-state index contributed by atoms with van der Waals surface area (Å²) in [6.07, 6.45) is 0. The van der Waals surface area contributed by atoms with Crippen molar-refractivity contribution in [3.05, 3.63) is 0 Å². The van der Waals surface area contributed by atoms with Crippen molar-refractivity contribution in [1.29, 1.82) is 0 Å². The summed E-state index contributed by atoms with van der Waals surface area (Å²) in [5.74, 6) is 1.56. The Balaban J connectivity index is 0. The van der Waals surface area contributed by atoms with Crippen LogP contribution in [0.5, 0.6) is 0 Å². The lowest BCUT2D eigenvalue weighted by molar-refractivity contribution is 0.497. The van der Waals surface area contributed by atoms with Crippen LogP contribution in [0, 0.1) is 11.8 Å². The van der Waals surface area contributed by atoms with Crippen LogP contribution in [0.2, 0.25) is 0 Å². The summed E-state index contributed by atoms with van der Waals surface area (Å²) in [5, 5.41) is 3.38. The van der Waals surface area contributed by atoms with Gasteiger partial charge in [0.05, 0.1) is 0 Å². The highest BCUT2D eigenvalue weighted by molar-refractivity contribution is 8.93.